The Morgan fingerprint density at radius 2 is 1.80 bits per heavy atom. The average Bonchev–Trinajstić information content (AvgIpc) is 2.95. The molecule has 0 aromatic heterocycles. The Hall–Kier alpha value is -4.51. The highest BCUT2D eigenvalue weighted by atomic mass is 19.1. The lowest BCUT2D eigenvalue weighted by molar-refractivity contribution is -0.170. The van der Waals surface area contributed by atoms with E-state index in [4.69, 9.17) is 0 Å². The third-order valence-corrected chi connectivity index (χ3v) is 6.99. The molecule has 216 valence electrons. The van der Waals surface area contributed by atoms with E-state index in [1.807, 2.05) is 37.3 Å². The van der Waals surface area contributed by atoms with Gasteiger partial charge in [0.05, 0.1) is 13.1 Å². The van der Waals surface area contributed by atoms with Crippen molar-refractivity contribution in [2.45, 2.75) is 38.6 Å². The monoisotopic (exact) mass is 565 g/mol. The molecule has 3 aromatic carbocycles. The smallest absolute Gasteiger partial charge is 0.334 e. The number of hydrogen-bond donors (Lipinski definition) is 2. The SMILES string of the molecule is C[C@H](Cc1ccc(O)cc1)N1C(=O)CN(C)N(C(=O)NCc2ccccc2)C1CN(C=O)Cc1cc(F)ccc1F. The molecule has 1 heterocycles. The van der Waals surface area contributed by atoms with E-state index in [0.717, 1.165) is 29.3 Å². The quantitative estimate of drug-likeness (QED) is 0.367. The highest BCUT2D eigenvalue weighted by Gasteiger charge is 2.43. The van der Waals surface area contributed by atoms with Crippen molar-refractivity contribution in [3.63, 3.8) is 0 Å². The molecule has 0 spiro atoms. The van der Waals surface area contributed by atoms with Crippen LogP contribution in [0.5, 0.6) is 5.75 Å². The lowest BCUT2D eigenvalue weighted by Gasteiger charge is -2.50. The summed E-state index contributed by atoms with van der Waals surface area (Å²) in [5.41, 5.74) is 1.70. The highest BCUT2D eigenvalue weighted by molar-refractivity contribution is 5.82. The zero-order valence-corrected chi connectivity index (χ0v) is 22.9. The summed E-state index contributed by atoms with van der Waals surface area (Å²) in [6.45, 7) is 1.56. The second-order valence-corrected chi connectivity index (χ2v) is 10.1. The van der Waals surface area contributed by atoms with Gasteiger partial charge in [0.2, 0.25) is 12.3 Å². The van der Waals surface area contributed by atoms with E-state index in [9.17, 15) is 28.3 Å². The minimum absolute atomic E-state index is 0.0311. The summed E-state index contributed by atoms with van der Waals surface area (Å²) in [6, 6.07) is 18.0. The molecule has 3 aromatic rings. The fraction of sp³-hybridized carbons (Fsp3) is 0.300. The number of hydrazine groups is 1. The molecular formula is C30H33F2N5O4. The third-order valence-electron chi connectivity index (χ3n) is 6.99. The number of hydrogen-bond acceptors (Lipinski definition) is 5. The molecule has 4 amide bonds. The molecular weight excluding hydrogens is 532 g/mol. The predicted molar refractivity (Wildman–Crippen MR) is 148 cm³/mol. The maximum atomic E-state index is 14.4. The number of carbonyl (C=O) groups is 3. The van der Waals surface area contributed by atoms with Crippen LogP contribution in [-0.4, -0.2) is 75.6 Å². The largest absolute Gasteiger partial charge is 0.508 e. The number of amides is 4. The average molecular weight is 566 g/mol. The van der Waals surface area contributed by atoms with E-state index in [-0.39, 0.29) is 43.4 Å². The van der Waals surface area contributed by atoms with Crippen molar-refractivity contribution in [3.8, 4) is 5.75 Å². The number of phenols is 1. The second-order valence-electron chi connectivity index (χ2n) is 10.1. The molecule has 1 saturated heterocycles. The Morgan fingerprint density at radius 3 is 2.49 bits per heavy atom. The van der Waals surface area contributed by atoms with Crippen molar-refractivity contribution in [3.05, 3.63) is 101 Å². The minimum atomic E-state index is -0.953. The summed E-state index contributed by atoms with van der Waals surface area (Å²) >= 11 is 0. The Balaban J connectivity index is 1.63. The van der Waals surface area contributed by atoms with Crippen LogP contribution < -0.4 is 5.32 Å². The van der Waals surface area contributed by atoms with Crippen molar-refractivity contribution in [1.82, 2.24) is 25.1 Å². The van der Waals surface area contributed by atoms with Crippen LogP contribution in [0.15, 0.2) is 72.8 Å². The van der Waals surface area contributed by atoms with E-state index in [2.05, 4.69) is 5.32 Å². The summed E-state index contributed by atoms with van der Waals surface area (Å²) in [6.07, 6.45) is -0.0524. The molecule has 41 heavy (non-hydrogen) atoms. The van der Waals surface area contributed by atoms with E-state index in [1.165, 1.54) is 14.9 Å². The highest BCUT2D eigenvalue weighted by Crippen LogP contribution is 2.24. The maximum absolute atomic E-state index is 14.4. The van der Waals surface area contributed by atoms with Gasteiger partial charge >= 0.3 is 6.03 Å². The van der Waals surface area contributed by atoms with Crippen molar-refractivity contribution in [2.24, 2.45) is 0 Å². The molecule has 1 aliphatic heterocycles. The lowest BCUT2D eigenvalue weighted by atomic mass is 10.0. The van der Waals surface area contributed by atoms with Gasteiger partial charge in [0.1, 0.15) is 23.5 Å². The Labute approximate surface area is 237 Å². The number of likely N-dealkylation sites (N-methyl/N-ethyl adjacent to an activating group) is 1. The number of aromatic hydroxyl groups is 1. The Bertz CT molecular complexity index is 1360. The number of benzene rings is 3. The molecule has 1 fully saturated rings. The van der Waals surface area contributed by atoms with E-state index in [1.54, 1.807) is 36.2 Å². The summed E-state index contributed by atoms with van der Waals surface area (Å²) in [7, 11) is 1.60. The van der Waals surface area contributed by atoms with Gasteiger partial charge in [0.25, 0.3) is 0 Å². The Morgan fingerprint density at radius 1 is 1.10 bits per heavy atom. The molecule has 0 saturated carbocycles. The van der Waals surface area contributed by atoms with Gasteiger partial charge in [0, 0.05) is 31.7 Å². The van der Waals surface area contributed by atoms with Gasteiger partial charge in [-0.15, -0.1) is 0 Å². The molecule has 1 unspecified atom stereocenters. The summed E-state index contributed by atoms with van der Waals surface area (Å²) < 4.78 is 28.3. The second kappa shape index (κ2) is 13.2. The first-order valence-corrected chi connectivity index (χ1v) is 13.2. The van der Waals surface area contributed by atoms with Crippen LogP contribution >= 0.6 is 0 Å². The molecule has 11 heteroatoms. The number of urea groups is 1. The first-order chi connectivity index (χ1) is 19.7. The fourth-order valence-corrected chi connectivity index (χ4v) is 5.02. The molecule has 2 atom stereocenters. The first-order valence-electron chi connectivity index (χ1n) is 13.2. The third kappa shape index (κ3) is 7.37. The van der Waals surface area contributed by atoms with Crippen LogP contribution in [0.25, 0.3) is 0 Å². The van der Waals surface area contributed by atoms with Gasteiger partial charge < -0.3 is 20.2 Å². The molecule has 2 N–H and O–H groups in total. The Kier molecular flexibility index (Phi) is 9.51. The summed E-state index contributed by atoms with van der Waals surface area (Å²) in [4.78, 5) is 42.0. The molecule has 9 nitrogen and oxygen atoms in total. The van der Waals surface area contributed by atoms with Crippen LogP contribution in [0.3, 0.4) is 0 Å². The number of phenolic OH excluding ortho intramolecular Hbond substituents is 1. The number of halogens is 2. The zero-order chi connectivity index (χ0) is 29.5. The summed E-state index contributed by atoms with van der Waals surface area (Å²) in [5, 5.41) is 15.4. The van der Waals surface area contributed by atoms with Crippen molar-refractivity contribution < 1.29 is 28.3 Å². The topological polar surface area (TPSA) is 96.4 Å². The minimum Gasteiger partial charge on any atom is -0.508 e. The van der Waals surface area contributed by atoms with Crippen LogP contribution in [-0.2, 0) is 29.1 Å². The fourth-order valence-electron chi connectivity index (χ4n) is 5.02. The van der Waals surface area contributed by atoms with Gasteiger partial charge in [0.15, 0.2) is 0 Å². The van der Waals surface area contributed by atoms with E-state index >= 15 is 0 Å². The summed E-state index contributed by atoms with van der Waals surface area (Å²) in [5.74, 6) is -1.47. The zero-order valence-electron chi connectivity index (χ0n) is 22.9. The molecule has 1 aliphatic rings. The normalized spacial score (nSPS) is 16.4. The van der Waals surface area contributed by atoms with Crippen molar-refractivity contribution in [1.29, 1.82) is 0 Å². The number of carbonyl (C=O) groups excluding carboxylic acids is 3. The van der Waals surface area contributed by atoms with Crippen LogP contribution in [0.4, 0.5) is 13.6 Å². The maximum Gasteiger partial charge on any atom is 0.334 e. The van der Waals surface area contributed by atoms with Crippen molar-refractivity contribution >= 4 is 18.3 Å². The van der Waals surface area contributed by atoms with Gasteiger partial charge in [-0.3, -0.25) is 9.59 Å². The van der Waals surface area contributed by atoms with Gasteiger partial charge in [-0.2, -0.15) is 0 Å². The molecule has 0 aliphatic carbocycles. The van der Waals surface area contributed by atoms with Crippen LogP contribution in [0, 0.1) is 11.6 Å². The van der Waals surface area contributed by atoms with E-state index < -0.39 is 29.9 Å². The lowest BCUT2D eigenvalue weighted by Crippen LogP contribution is -2.71. The van der Waals surface area contributed by atoms with Gasteiger partial charge in [-0.25, -0.2) is 23.6 Å². The predicted octanol–water partition coefficient (Wildman–Crippen LogP) is 3.49. The van der Waals surface area contributed by atoms with Gasteiger partial charge in [-0.1, -0.05) is 42.5 Å². The number of nitrogens with one attached hydrogen (secondary N) is 1. The van der Waals surface area contributed by atoms with Crippen molar-refractivity contribution in [2.75, 3.05) is 20.1 Å². The van der Waals surface area contributed by atoms with Crippen LogP contribution in [0.1, 0.15) is 23.6 Å². The van der Waals surface area contributed by atoms with E-state index in [0.29, 0.717) is 12.8 Å². The number of rotatable bonds is 10. The molecule has 0 radical (unpaired) electrons. The van der Waals surface area contributed by atoms with Gasteiger partial charge in [-0.05, 0) is 54.8 Å². The molecule has 0 bridgehead atoms. The number of nitrogens with zero attached hydrogens (tertiary/aromatic N) is 4. The van der Waals surface area contributed by atoms with Crippen LogP contribution in [0.2, 0.25) is 0 Å². The molecule has 4 rings (SSSR count). The first kappa shape index (κ1) is 29.5. The standard InChI is InChI=1S/C30H33F2N5O4/c1-21(14-22-8-11-26(39)12-9-22)36-28(18-35(20-38)17-24-15-25(31)10-13-27(24)32)37(34(2)19-29(36)40)30(41)33-16-23-6-4-3-5-7-23/h3-13,15,20-21,28,39H,14,16-19H2,1-2H3,(H,33,41)/t21-,28?/m1/s1.